The van der Waals surface area contributed by atoms with Gasteiger partial charge in [-0.05, 0) is 35.8 Å². The van der Waals surface area contributed by atoms with Crippen molar-refractivity contribution in [1.29, 1.82) is 0 Å². The van der Waals surface area contributed by atoms with E-state index in [0.717, 1.165) is 12.0 Å². The summed E-state index contributed by atoms with van der Waals surface area (Å²) >= 11 is 0. The van der Waals surface area contributed by atoms with E-state index in [1.807, 2.05) is 6.92 Å². The highest BCUT2D eigenvalue weighted by Crippen LogP contribution is 2.31. The van der Waals surface area contributed by atoms with Gasteiger partial charge < -0.3 is 9.47 Å². The van der Waals surface area contributed by atoms with Crippen molar-refractivity contribution in [2.45, 2.75) is 59.2 Å². The van der Waals surface area contributed by atoms with Crippen LogP contribution in [0.25, 0.3) is 0 Å². The second-order valence-corrected chi connectivity index (χ2v) is 7.27. The molecule has 4 heteroatoms. The van der Waals surface area contributed by atoms with Crippen molar-refractivity contribution in [2.75, 3.05) is 0 Å². The van der Waals surface area contributed by atoms with E-state index in [9.17, 15) is 9.59 Å². The fraction of sp³-hybridized carbons (Fsp3) is 0.579. The van der Waals surface area contributed by atoms with Gasteiger partial charge in [0.25, 0.3) is 5.79 Å². The first-order valence-corrected chi connectivity index (χ1v) is 8.22. The van der Waals surface area contributed by atoms with Gasteiger partial charge in [-0.2, -0.15) is 0 Å². The molecule has 1 aliphatic heterocycles. The smallest absolute Gasteiger partial charge is 0.323 e. The zero-order chi connectivity index (χ0) is 17.2. The third kappa shape index (κ3) is 4.57. The second-order valence-electron chi connectivity index (χ2n) is 7.27. The van der Waals surface area contributed by atoms with E-state index < -0.39 is 23.6 Å². The molecule has 0 amide bonds. The lowest BCUT2D eigenvalue weighted by Crippen LogP contribution is -2.46. The van der Waals surface area contributed by atoms with Crippen LogP contribution < -0.4 is 0 Å². The fourth-order valence-corrected chi connectivity index (χ4v) is 2.88. The summed E-state index contributed by atoms with van der Waals surface area (Å²) in [6.07, 6.45) is 1.45. The Bertz CT molecular complexity index is 552. The van der Waals surface area contributed by atoms with Gasteiger partial charge in [-0.1, -0.05) is 45.0 Å². The molecule has 0 spiro atoms. The van der Waals surface area contributed by atoms with E-state index in [1.54, 1.807) is 13.8 Å². The Balaban J connectivity index is 2.02. The highest BCUT2D eigenvalue weighted by atomic mass is 16.7. The number of carbonyl (C=O) groups is 2. The third-order valence-corrected chi connectivity index (χ3v) is 4.04. The molecule has 4 nitrogen and oxygen atoms in total. The Hall–Kier alpha value is -1.84. The van der Waals surface area contributed by atoms with Crippen molar-refractivity contribution >= 4 is 11.9 Å². The van der Waals surface area contributed by atoms with Crippen LogP contribution in [0.3, 0.4) is 0 Å². The number of cyclic esters (lactones) is 2. The van der Waals surface area contributed by atoms with Gasteiger partial charge >= 0.3 is 11.9 Å². The molecule has 1 aliphatic rings. The Labute approximate surface area is 138 Å². The number of hydrogen-bond acceptors (Lipinski definition) is 4. The number of esters is 2. The molecule has 1 aromatic rings. The van der Waals surface area contributed by atoms with Gasteiger partial charge in [0.2, 0.25) is 0 Å². The molecule has 23 heavy (non-hydrogen) atoms. The van der Waals surface area contributed by atoms with Gasteiger partial charge in [0.05, 0.1) is 0 Å². The van der Waals surface area contributed by atoms with E-state index in [1.165, 1.54) is 5.56 Å². The third-order valence-electron chi connectivity index (χ3n) is 4.04. The zero-order valence-corrected chi connectivity index (χ0v) is 14.6. The fourth-order valence-electron chi connectivity index (χ4n) is 2.88. The summed E-state index contributed by atoms with van der Waals surface area (Å²) in [4.78, 5) is 24.1. The zero-order valence-electron chi connectivity index (χ0n) is 14.6. The monoisotopic (exact) mass is 318 g/mol. The lowest BCUT2D eigenvalue weighted by molar-refractivity contribution is -0.240. The number of carbonyl (C=O) groups excluding carboxylic acids is 2. The minimum Gasteiger partial charge on any atom is -0.422 e. The normalized spacial score (nSPS) is 19.4. The van der Waals surface area contributed by atoms with Crippen LogP contribution in [-0.4, -0.2) is 17.7 Å². The van der Waals surface area contributed by atoms with Crippen molar-refractivity contribution in [3.8, 4) is 0 Å². The molecule has 0 bridgehead atoms. The van der Waals surface area contributed by atoms with Crippen molar-refractivity contribution in [3.05, 3.63) is 35.4 Å². The molecule has 0 N–H and O–H groups in total. The Morgan fingerprint density at radius 2 is 1.52 bits per heavy atom. The van der Waals surface area contributed by atoms with E-state index in [-0.39, 0.29) is 5.92 Å². The predicted octanol–water partition coefficient (Wildman–Crippen LogP) is 3.83. The van der Waals surface area contributed by atoms with Crippen molar-refractivity contribution in [1.82, 2.24) is 0 Å². The molecule has 1 saturated heterocycles. The van der Waals surface area contributed by atoms with Crippen LogP contribution in [-0.2, 0) is 25.5 Å². The number of hydrogen-bond donors (Lipinski definition) is 0. The van der Waals surface area contributed by atoms with E-state index >= 15 is 0 Å². The van der Waals surface area contributed by atoms with E-state index in [2.05, 4.69) is 38.1 Å². The number of ether oxygens (including phenoxy) is 2. The topological polar surface area (TPSA) is 52.6 Å². The minimum absolute atomic E-state index is 0.0782. The first-order chi connectivity index (χ1) is 10.7. The first kappa shape index (κ1) is 17.5. The van der Waals surface area contributed by atoms with Gasteiger partial charge in [0, 0.05) is 13.8 Å². The predicted molar refractivity (Wildman–Crippen MR) is 87.8 cm³/mol. The molecule has 1 fully saturated rings. The molecule has 0 radical (unpaired) electrons. The van der Waals surface area contributed by atoms with Crippen LogP contribution in [0, 0.1) is 11.8 Å². The quantitative estimate of drug-likeness (QED) is 0.611. The summed E-state index contributed by atoms with van der Waals surface area (Å²) in [5.41, 5.74) is 2.41. The Morgan fingerprint density at radius 1 is 1.00 bits per heavy atom. The highest BCUT2D eigenvalue weighted by molar-refractivity contribution is 5.96. The molecule has 2 rings (SSSR count). The highest BCUT2D eigenvalue weighted by Gasteiger charge is 2.43. The maximum atomic E-state index is 12.0. The van der Waals surface area contributed by atoms with Crippen molar-refractivity contribution < 1.29 is 19.1 Å². The molecule has 1 heterocycles. The summed E-state index contributed by atoms with van der Waals surface area (Å²) in [6.45, 7) is 9.53. The summed E-state index contributed by atoms with van der Waals surface area (Å²) in [5.74, 6) is -2.29. The SMILES string of the molecule is CC(C)Cc1ccc(C(C)CC2C(=O)OC(C)(C)OC2=O)cc1. The van der Waals surface area contributed by atoms with Crippen LogP contribution >= 0.6 is 0 Å². The molecule has 0 aliphatic carbocycles. The van der Waals surface area contributed by atoms with Crippen molar-refractivity contribution in [2.24, 2.45) is 11.8 Å². The van der Waals surface area contributed by atoms with Crippen molar-refractivity contribution in [3.63, 3.8) is 0 Å². The summed E-state index contributed by atoms with van der Waals surface area (Å²) < 4.78 is 10.3. The standard InChI is InChI=1S/C19H26O4/c1-12(2)10-14-6-8-15(9-7-14)13(3)11-16-17(20)22-19(4,5)23-18(16)21/h6-9,12-13,16H,10-11H2,1-5H3. The van der Waals surface area contributed by atoms with E-state index in [4.69, 9.17) is 9.47 Å². The van der Waals surface area contributed by atoms with Crippen LogP contribution in [0.1, 0.15) is 58.1 Å². The molecule has 1 atom stereocenters. The molecular weight excluding hydrogens is 292 g/mol. The van der Waals surface area contributed by atoms with Crippen LogP contribution in [0.2, 0.25) is 0 Å². The Kier molecular flexibility index (Phi) is 5.12. The van der Waals surface area contributed by atoms with Crippen LogP contribution in [0.15, 0.2) is 24.3 Å². The Morgan fingerprint density at radius 3 is 2.00 bits per heavy atom. The molecule has 1 aromatic carbocycles. The maximum absolute atomic E-state index is 12.0. The number of rotatable bonds is 5. The first-order valence-electron chi connectivity index (χ1n) is 8.22. The molecule has 0 saturated carbocycles. The van der Waals surface area contributed by atoms with E-state index in [0.29, 0.717) is 12.3 Å². The average molecular weight is 318 g/mol. The summed E-state index contributed by atoms with van der Waals surface area (Å²) in [6, 6.07) is 8.39. The van der Waals surface area contributed by atoms with Gasteiger partial charge in [-0.25, -0.2) is 0 Å². The van der Waals surface area contributed by atoms with Crippen LogP contribution in [0.4, 0.5) is 0 Å². The lowest BCUT2D eigenvalue weighted by atomic mass is 9.88. The summed E-state index contributed by atoms with van der Waals surface area (Å²) in [5, 5.41) is 0. The second kappa shape index (κ2) is 6.73. The largest absolute Gasteiger partial charge is 0.422 e. The lowest BCUT2D eigenvalue weighted by Gasteiger charge is -2.33. The van der Waals surface area contributed by atoms with Gasteiger partial charge in [-0.3, -0.25) is 9.59 Å². The summed E-state index contributed by atoms with van der Waals surface area (Å²) in [7, 11) is 0. The molecular formula is C19H26O4. The molecule has 1 unspecified atom stereocenters. The van der Waals surface area contributed by atoms with Gasteiger partial charge in [0.15, 0.2) is 5.92 Å². The van der Waals surface area contributed by atoms with Crippen LogP contribution in [0.5, 0.6) is 0 Å². The van der Waals surface area contributed by atoms with Gasteiger partial charge in [0.1, 0.15) is 0 Å². The van der Waals surface area contributed by atoms with Gasteiger partial charge in [-0.15, -0.1) is 0 Å². The minimum atomic E-state index is -1.16. The molecule has 126 valence electrons. The number of benzene rings is 1. The average Bonchev–Trinajstić information content (AvgIpc) is 2.41. The molecule has 0 aromatic heterocycles. The maximum Gasteiger partial charge on any atom is 0.323 e.